The largest absolute Gasteiger partial charge is 0.395 e. The van der Waals surface area contributed by atoms with Gasteiger partial charge in [-0.3, -0.25) is 0 Å². The molecule has 0 spiro atoms. The second-order valence-electron chi connectivity index (χ2n) is 8.95. The molecule has 4 rings (SSSR count). The van der Waals surface area contributed by atoms with Crippen LogP contribution in [-0.4, -0.2) is 30.7 Å². The number of hydrogen-bond acceptors (Lipinski definition) is 1. The van der Waals surface area contributed by atoms with Crippen molar-refractivity contribution in [3.05, 3.63) is 60.2 Å². The van der Waals surface area contributed by atoms with Gasteiger partial charge in [-0.25, -0.2) is 0 Å². The average molecular weight is 402 g/mol. The third-order valence-electron chi connectivity index (χ3n) is 7.05. The SMILES string of the molecule is FC(F)(F)C1(CN2CCC(CCc3ccc(-c4ccccc4)cc3)CC2)CCC1. The van der Waals surface area contributed by atoms with E-state index in [9.17, 15) is 13.2 Å². The molecule has 0 radical (unpaired) electrons. The minimum atomic E-state index is -4.05. The molecular weight excluding hydrogens is 371 g/mol. The van der Waals surface area contributed by atoms with Crippen LogP contribution in [0.25, 0.3) is 11.1 Å². The Morgan fingerprint density at radius 2 is 1.48 bits per heavy atom. The zero-order valence-corrected chi connectivity index (χ0v) is 16.9. The summed E-state index contributed by atoms with van der Waals surface area (Å²) in [6.45, 7) is 1.84. The first kappa shape index (κ1) is 20.5. The molecule has 0 atom stereocenters. The van der Waals surface area contributed by atoms with Gasteiger partial charge in [0.15, 0.2) is 0 Å². The van der Waals surface area contributed by atoms with Crippen LogP contribution in [0.3, 0.4) is 0 Å². The van der Waals surface area contributed by atoms with Gasteiger partial charge in [0.1, 0.15) is 0 Å². The van der Waals surface area contributed by atoms with Gasteiger partial charge in [-0.1, -0.05) is 61.0 Å². The molecule has 156 valence electrons. The van der Waals surface area contributed by atoms with Crippen molar-refractivity contribution in [3.63, 3.8) is 0 Å². The standard InChI is InChI=1S/C25H30F3N/c26-25(27,28)24(15-4-16-24)19-29-17-13-21(14-18-29)8-7-20-9-11-23(12-10-20)22-5-2-1-3-6-22/h1-3,5-6,9-12,21H,4,7-8,13-19H2. The van der Waals surface area contributed by atoms with Crippen LogP contribution >= 0.6 is 0 Å². The van der Waals surface area contributed by atoms with Crippen molar-refractivity contribution in [3.8, 4) is 11.1 Å². The van der Waals surface area contributed by atoms with Crippen molar-refractivity contribution >= 4 is 0 Å². The summed E-state index contributed by atoms with van der Waals surface area (Å²) in [5, 5.41) is 0. The first-order valence-electron chi connectivity index (χ1n) is 10.9. The topological polar surface area (TPSA) is 3.24 Å². The highest BCUT2D eigenvalue weighted by Crippen LogP contribution is 2.53. The number of nitrogens with zero attached hydrogens (tertiary/aromatic N) is 1. The molecule has 0 bridgehead atoms. The van der Waals surface area contributed by atoms with E-state index in [0.717, 1.165) is 45.2 Å². The van der Waals surface area contributed by atoms with Gasteiger partial charge in [-0.15, -0.1) is 0 Å². The zero-order valence-electron chi connectivity index (χ0n) is 16.9. The quantitative estimate of drug-likeness (QED) is 0.519. The Bertz CT molecular complexity index is 770. The van der Waals surface area contributed by atoms with E-state index in [-0.39, 0.29) is 6.54 Å². The lowest BCUT2D eigenvalue weighted by Gasteiger charge is -2.47. The van der Waals surface area contributed by atoms with Gasteiger partial charge in [0, 0.05) is 6.54 Å². The molecule has 1 heterocycles. The monoisotopic (exact) mass is 401 g/mol. The molecule has 1 aliphatic heterocycles. The molecule has 1 nitrogen and oxygen atoms in total. The molecule has 0 unspecified atom stereocenters. The third kappa shape index (κ3) is 4.69. The van der Waals surface area contributed by atoms with Crippen LogP contribution in [0, 0.1) is 11.3 Å². The summed E-state index contributed by atoms with van der Waals surface area (Å²) in [4.78, 5) is 2.07. The van der Waals surface area contributed by atoms with Crippen molar-refractivity contribution in [2.75, 3.05) is 19.6 Å². The van der Waals surface area contributed by atoms with E-state index in [0.29, 0.717) is 18.8 Å². The van der Waals surface area contributed by atoms with E-state index in [1.54, 1.807) is 0 Å². The zero-order chi connectivity index (χ0) is 20.3. The fourth-order valence-corrected chi connectivity index (χ4v) is 4.86. The van der Waals surface area contributed by atoms with E-state index < -0.39 is 11.6 Å². The molecule has 29 heavy (non-hydrogen) atoms. The summed E-state index contributed by atoms with van der Waals surface area (Å²) in [5.41, 5.74) is 2.39. The molecule has 0 N–H and O–H groups in total. The Morgan fingerprint density at radius 1 is 0.862 bits per heavy atom. The molecule has 2 aromatic carbocycles. The van der Waals surface area contributed by atoms with Crippen molar-refractivity contribution < 1.29 is 13.2 Å². The Kier molecular flexibility index (Phi) is 6.00. The van der Waals surface area contributed by atoms with Crippen LogP contribution in [0.5, 0.6) is 0 Å². The number of piperidine rings is 1. The van der Waals surface area contributed by atoms with Crippen LogP contribution in [0.4, 0.5) is 13.2 Å². The Balaban J connectivity index is 1.23. The fraction of sp³-hybridized carbons (Fsp3) is 0.520. The predicted octanol–water partition coefficient (Wildman–Crippen LogP) is 6.73. The van der Waals surface area contributed by atoms with Crippen LogP contribution in [0.2, 0.25) is 0 Å². The number of likely N-dealkylation sites (tertiary alicyclic amines) is 1. The van der Waals surface area contributed by atoms with Gasteiger partial charge in [0.25, 0.3) is 0 Å². The van der Waals surface area contributed by atoms with Crippen LogP contribution in [-0.2, 0) is 6.42 Å². The van der Waals surface area contributed by atoms with E-state index in [2.05, 4.69) is 53.4 Å². The van der Waals surface area contributed by atoms with E-state index in [1.165, 1.54) is 16.7 Å². The maximum atomic E-state index is 13.4. The molecule has 1 aliphatic carbocycles. The molecule has 2 aromatic rings. The summed E-state index contributed by atoms with van der Waals surface area (Å²) >= 11 is 0. The first-order valence-corrected chi connectivity index (χ1v) is 10.9. The highest BCUT2D eigenvalue weighted by Gasteiger charge is 2.58. The summed E-state index contributed by atoms with van der Waals surface area (Å²) in [6.07, 6.45) is 1.53. The predicted molar refractivity (Wildman–Crippen MR) is 112 cm³/mol. The van der Waals surface area contributed by atoms with Crippen molar-refractivity contribution in [2.24, 2.45) is 11.3 Å². The summed E-state index contributed by atoms with van der Waals surface area (Å²) in [7, 11) is 0. The number of rotatable bonds is 6. The van der Waals surface area contributed by atoms with Crippen LogP contribution in [0.15, 0.2) is 54.6 Å². The molecule has 4 heteroatoms. The lowest BCUT2D eigenvalue weighted by molar-refractivity contribution is -0.256. The number of hydrogen-bond donors (Lipinski definition) is 0. The third-order valence-corrected chi connectivity index (χ3v) is 7.05. The van der Waals surface area contributed by atoms with Crippen LogP contribution in [0.1, 0.15) is 44.1 Å². The molecule has 1 saturated carbocycles. The summed E-state index contributed by atoms with van der Waals surface area (Å²) in [5.74, 6) is 0.628. The molecule has 0 amide bonds. The second-order valence-corrected chi connectivity index (χ2v) is 8.95. The number of halogens is 3. The normalized spacial score (nSPS) is 20.4. The van der Waals surface area contributed by atoms with Gasteiger partial charge in [0.05, 0.1) is 5.41 Å². The molecule has 1 saturated heterocycles. The minimum Gasteiger partial charge on any atom is -0.302 e. The van der Waals surface area contributed by atoms with E-state index >= 15 is 0 Å². The van der Waals surface area contributed by atoms with Crippen molar-refractivity contribution in [1.82, 2.24) is 4.90 Å². The van der Waals surface area contributed by atoms with Gasteiger partial charge >= 0.3 is 6.18 Å². The molecule has 2 fully saturated rings. The van der Waals surface area contributed by atoms with Crippen molar-refractivity contribution in [1.29, 1.82) is 0 Å². The number of benzene rings is 2. The molecule has 0 aromatic heterocycles. The minimum absolute atomic E-state index is 0.212. The molecular formula is C25H30F3N. The van der Waals surface area contributed by atoms with Crippen molar-refractivity contribution in [2.45, 2.75) is 51.1 Å². The lowest BCUT2D eigenvalue weighted by atomic mass is 9.67. The van der Waals surface area contributed by atoms with Gasteiger partial charge < -0.3 is 4.90 Å². The van der Waals surface area contributed by atoms with Crippen LogP contribution < -0.4 is 0 Å². The maximum absolute atomic E-state index is 13.4. The van der Waals surface area contributed by atoms with E-state index in [4.69, 9.17) is 0 Å². The van der Waals surface area contributed by atoms with Gasteiger partial charge in [-0.05, 0) is 74.2 Å². The van der Waals surface area contributed by atoms with Gasteiger partial charge in [-0.2, -0.15) is 13.2 Å². The fourth-order valence-electron chi connectivity index (χ4n) is 4.86. The van der Waals surface area contributed by atoms with E-state index in [1.807, 2.05) is 6.07 Å². The number of aryl methyl sites for hydroxylation is 1. The first-order chi connectivity index (χ1) is 14.0. The smallest absolute Gasteiger partial charge is 0.302 e. The Labute approximate surface area is 171 Å². The second kappa shape index (κ2) is 8.51. The average Bonchev–Trinajstić information content (AvgIpc) is 2.70. The maximum Gasteiger partial charge on any atom is 0.395 e. The highest BCUT2D eigenvalue weighted by atomic mass is 19.4. The molecule has 2 aliphatic rings. The van der Waals surface area contributed by atoms with Gasteiger partial charge in [0.2, 0.25) is 0 Å². The Hall–Kier alpha value is -1.81. The highest BCUT2D eigenvalue weighted by molar-refractivity contribution is 5.63. The summed E-state index contributed by atoms with van der Waals surface area (Å²) < 4.78 is 40.2. The lowest BCUT2D eigenvalue weighted by Crippen LogP contribution is -2.53. The Morgan fingerprint density at radius 3 is 2.03 bits per heavy atom. The number of alkyl halides is 3. The summed E-state index contributed by atoms with van der Waals surface area (Å²) in [6, 6.07) is 19.2.